The van der Waals surface area contributed by atoms with E-state index < -0.39 is 5.91 Å². The van der Waals surface area contributed by atoms with E-state index in [1.165, 1.54) is 96.3 Å². The molecule has 2 rings (SSSR count). The SMILES string of the molecule is CCCCCCCCCCCCCCCCCCOCC(COCCOCC[n+]1cccc(C(N)=O)c1)Oc1ncccn1.[Cl-]. The lowest BCUT2D eigenvalue weighted by molar-refractivity contribution is -0.698. The van der Waals surface area contributed by atoms with Crippen molar-refractivity contribution in [3.05, 3.63) is 48.5 Å². The summed E-state index contributed by atoms with van der Waals surface area (Å²) in [7, 11) is 0. The molecule has 0 bridgehead atoms. The third-order valence-electron chi connectivity index (χ3n) is 7.57. The molecule has 0 spiro atoms. The number of aromatic nitrogens is 3. The van der Waals surface area contributed by atoms with Crippen molar-refractivity contribution < 1.29 is 40.7 Å². The second-order valence-corrected chi connectivity index (χ2v) is 11.5. The number of hydrogen-bond donors (Lipinski definition) is 1. The fourth-order valence-corrected chi connectivity index (χ4v) is 4.99. The summed E-state index contributed by atoms with van der Waals surface area (Å²) in [5.41, 5.74) is 5.81. The van der Waals surface area contributed by atoms with Gasteiger partial charge in [0.15, 0.2) is 18.9 Å². The van der Waals surface area contributed by atoms with Crippen LogP contribution in [0.15, 0.2) is 43.0 Å². The molecule has 9 nitrogen and oxygen atoms in total. The minimum absolute atomic E-state index is 0. The molecule has 10 heteroatoms. The molecule has 0 aliphatic carbocycles. The van der Waals surface area contributed by atoms with E-state index >= 15 is 0 Å². The molecule has 45 heavy (non-hydrogen) atoms. The molecule has 0 aliphatic heterocycles. The van der Waals surface area contributed by atoms with Crippen molar-refractivity contribution >= 4 is 5.91 Å². The standard InChI is InChI=1S/C35H58N4O5.ClH/c1-2-3-4-5-6-7-8-9-10-11-12-13-14-15-16-17-25-42-30-33(44-35-37-21-19-22-38-35)31-43-28-27-41-26-24-39-23-18-20-32(29-39)34(36)40;/h18-23,29,33H,2-17,24-28,30-31H2,1H3,(H-,36,40);1H. The van der Waals surface area contributed by atoms with E-state index in [0.717, 1.165) is 6.42 Å². The molecule has 2 N–H and O–H groups in total. The van der Waals surface area contributed by atoms with Crippen LogP contribution in [0.1, 0.15) is 120 Å². The second-order valence-electron chi connectivity index (χ2n) is 11.5. The first kappa shape index (κ1) is 40.7. The fourth-order valence-electron chi connectivity index (χ4n) is 4.99. The van der Waals surface area contributed by atoms with E-state index in [1.807, 2.05) is 10.8 Å². The molecular formula is C35H59ClN4O5. The van der Waals surface area contributed by atoms with Crippen LogP contribution in [-0.4, -0.2) is 61.6 Å². The summed E-state index contributed by atoms with van der Waals surface area (Å²) >= 11 is 0. The number of nitrogens with zero attached hydrogens (tertiary/aromatic N) is 3. The van der Waals surface area contributed by atoms with Crippen LogP contribution >= 0.6 is 0 Å². The molecule has 1 atom stereocenters. The van der Waals surface area contributed by atoms with Crippen LogP contribution in [0.5, 0.6) is 6.01 Å². The molecule has 256 valence electrons. The molecule has 1 unspecified atom stereocenters. The number of ether oxygens (including phenoxy) is 4. The number of halogens is 1. The van der Waals surface area contributed by atoms with Crippen molar-refractivity contribution in [2.75, 3.05) is 39.6 Å². The van der Waals surface area contributed by atoms with E-state index in [9.17, 15) is 4.79 Å². The maximum absolute atomic E-state index is 11.3. The van der Waals surface area contributed by atoms with Gasteiger partial charge in [-0.3, -0.25) is 4.79 Å². The number of hydrogen-bond acceptors (Lipinski definition) is 7. The summed E-state index contributed by atoms with van der Waals surface area (Å²) in [6.07, 6.45) is 28.3. The first-order valence-corrected chi connectivity index (χ1v) is 17.1. The Hall–Kier alpha value is -2.33. The van der Waals surface area contributed by atoms with E-state index in [-0.39, 0.29) is 18.5 Å². The summed E-state index contributed by atoms with van der Waals surface area (Å²) in [6, 6.07) is 5.56. The first-order valence-electron chi connectivity index (χ1n) is 17.1. The van der Waals surface area contributed by atoms with Crippen LogP contribution in [-0.2, 0) is 20.8 Å². The Bertz CT molecular complexity index is 957. The van der Waals surface area contributed by atoms with Gasteiger partial charge >= 0.3 is 6.01 Å². The number of pyridine rings is 1. The Morgan fingerprint density at radius 2 is 1.27 bits per heavy atom. The molecule has 0 saturated carbocycles. The van der Waals surface area contributed by atoms with E-state index in [1.54, 1.807) is 36.8 Å². The van der Waals surface area contributed by atoms with Gasteiger partial charge in [-0.2, -0.15) is 0 Å². The zero-order valence-corrected chi connectivity index (χ0v) is 28.5. The van der Waals surface area contributed by atoms with Crippen LogP contribution < -0.4 is 27.4 Å². The molecule has 2 heterocycles. The third-order valence-corrected chi connectivity index (χ3v) is 7.57. The number of primary amides is 1. The summed E-state index contributed by atoms with van der Waals surface area (Å²) in [5.74, 6) is -0.444. The van der Waals surface area contributed by atoms with E-state index in [4.69, 9.17) is 24.7 Å². The van der Waals surface area contributed by atoms with Crippen molar-refractivity contribution in [1.29, 1.82) is 0 Å². The Kier molecular flexibility index (Phi) is 26.3. The maximum atomic E-state index is 11.3. The first-order chi connectivity index (χ1) is 21.7. The normalized spacial score (nSPS) is 11.7. The van der Waals surface area contributed by atoms with Crippen molar-refractivity contribution in [2.24, 2.45) is 5.73 Å². The molecular weight excluding hydrogens is 592 g/mol. The van der Waals surface area contributed by atoms with Crippen molar-refractivity contribution in [2.45, 2.75) is 122 Å². The van der Waals surface area contributed by atoms with Gasteiger partial charge in [0.05, 0.1) is 26.4 Å². The van der Waals surface area contributed by atoms with Gasteiger partial charge in [0.25, 0.3) is 5.91 Å². The van der Waals surface area contributed by atoms with E-state index in [0.29, 0.717) is 57.8 Å². The quantitative estimate of drug-likeness (QED) is 0.102. The molecule has 0 aromatic carbocycles. The Morgan fingerprint density at radius 1 is 0.733 bits per heavy atom. The molecule has 0 saturated heterocycles. The topological polar surface area (TPSA) is 110 Å². The monoisotopic (exact) mass is 650 g/mol. The highest BCUT2D eigenvalue weighted by molar-refractivity contribution is 5.92. The zero-order chi connectivity index (χ0) is 31.3. The number of rotatable bonds is 30. The summed E-state index contributed by atoms with van der Waals surface area (Å²) in [6.45, 7) is 5.77. The second kappa shape index (κ2) is 29.1. The highest BCUT2D eigenvalue weighted by Gasteiger charge is 2.13. The minimum Gasteiger partial charge on any atom is -1.00 e. The van der Waals surface area contributed by atoms with Crippen molar-refractivity contribution in [3.63, 3.8) is 0 Å². The Morgan fingerprint density at radius 3 is 1.84 bits per heavy atom. The van der Waals surface area contributed by atoms with Crippen LogP contribution in [0.25, 0.3) is 0 Å². The Labute approximate surface area is 278 Å². The van der Waals surface area contributed by atoms with Crippen LogP contribution in [0.4, 0.5) is 0 Å². The minimum atomic E-state index is -0.444. The smallest absolute Gasteiger partial charge is 0.316 e. The molecule has 0 radical (unpaired) electrons. The van der Waals surface area contributed by atoms with Crippen LogP contribution in [0, 0.1) is 0 Å². The average Bonchev–Trinajstić information content (AvgIpc) is 3.04. The van der Waals surface area contributed by atoms with Gasteiger partial charge in [-0.25, -0.2) is 14.5 Å². The lowest BCUT2D eigenvalue weighted by atomic mass is 10.0. The predicted octanol–water partition coefficient (Wildman–Crippen LogP) is 3.63. The maximum Gasteiger partial charge on any atom is 0.316 e. The van der Waals surface area contributed by atoms with Gasteiger partial charge in [0, 0.05) is 25.1 Å². The molecule has 1 amide bonds. The van der Waals surface area contributed by atoms with Gasteiger partial charge in [-0.05, 0) is 18.6 Å². The number of carbonyl (C=O) groups excluding carboxylic acids is 1. The van der Waals surface area contributed by atoms with Gasteiger partial charge in [0.2, 0.25) is 0 Å². The average molecular weight is 651 g/mol. The fraction of sp³-hybridized carbons (Fsp3) is 0.714. The van der Waals surface area contributed by atoms with Crippen molar-refractivity contribution in [3.8, 4) is 6.01 Å². The lowest BCUT2D eigenvalue weighted by Gasteiger charge is -2.18. The third kappa shape index (κ3) is 22.8. The molecule has 2 aromatic rings. The number of unbranched alkanes of at least 4 members (excludes halogenated alkanes) is 15. The summed E-state index contributed by atoms with van der Waals surface area (Å²) in [4.78, 5) is 19.6. The largest absolute Gasteiger partial charge is 1.00 e. The van der Waals surface area contributed by atoms with E-state index in [2.05, 4.69) is 16.9 Å². The van der Waals surface area contributed by atoms with Crippen molar-refractivity contribution in [1.82, 2.24) is 9.97 Å². The molecule has 0 aliphatic rings. The lowest BCUT2D eigenvalue weighted by Crippen LogP contribution is -3.00. The number of carbonyl (C=O) groups is 1. The summed E-state index contributed by atoms with van der Waals surface area (Å²) < 4.78 is 25.2. The highest BCUT2D eigenvalue weighted by atomic mass is 35.5. The zero-order valence-electron chi connectivity index (χ0n) is 27.7. The Balaban J connectivity index is 0.0000101. The van der Waals surface area contributed by atoms with Crippen LogP contribution in [0.3, 0.4) is 0 Å². The molecule has 0 fully saturated rings. The molecule has 2 aromatic heterocycles. The number of nitrogens with two attached hydrogens (primary N) is 1. The van der Waals surface area contributed by atoms with Gasteiger partial charge < -0.3 is 37.1 Å². The van der Waals surface area contributed by atoms with Gasteiger partial charge in [-0.1, -0.05) is 103 Å². The predicted molar refractivity (Wildman–Crippen MR) is 174 cm³/mol. The summed E-state index contributed by atoms with van der Waals surface area (Å²) in [5, 5.41) is 0. The van der Waals surface area contributed by atoms with Gasteiger partial charge in [-0.15, -0.1) is 0 Å². The van der Waals surface area contributed by atoms with Crippen LogP contribution in [0.2, 0.25) is 0 Å². The highest BCUT2D eigenvalue weighted by Crippen LogP contribution is 2.14. The number of amides is 1. The van der Waals surface area contributed by atoms with Gasteiger partial charge in [0.1, 0.15) is 18.3 Å².